The van der Waals surface area contributed by atoms with Gasteiger partial charge in [-0.1, -0.05) is 31.2 Å². The highest BCUT2D eigenvalue weighted by atomic mass is 19.4. The number of nitrogens with one attached hydrogen (secondary N) is 3. The van der Waals surface area contributed by atoms with Crippen molar-refractivity contribution >= 4 is 17.5 Å². The zero-order valence-electron chi connectivity index (χ0n) is 19.8. The quantitative estimate of drug-likeness (QED) is 0.210. The summed E-state index contributed by atoms with van der Waals surface area (Å²) in [6, 6.07) is 10.8. The fourth-order valence-electron chi connectivity index (χ4n) is 3.17. The molecular weight excluding hydrogens is 477 g/mol. The molecule has 0 spiro atoms. The van der Waals surface area contributed by atoms with Gasteiger partial charge in [0.1, 0.15) is 17.5 Å². The normalized spacial score (nSPS) is 11.9. The van der Waals surface area contributed by atoms with Gasteiger partial charge in [0.2, 0.25) is 0 Å². The summed E-state index contributed by atoms with van der Waals surface area (Å²) in [4.78, 5) is 24.7. The Balaban J connectivity index is 1.86. The maximum atomic E-state index is 12.9. The Kier molecular flexibility index (Phi) is 9.95. The molecule has 9 nitrogen and oxygen atoms in total. The fourth-order valence-corrected chi connectivity index (χ4v) is 3.17. The van der Waals surface area contributed by atoms with E-state index in [9.17, 15) is 28.0 Å². The first kappa shape index (κ1) is 28.3. The lowest BCUT2D eigenvalue weighted by atomic mass is 10.0. The third kappa shape index (κ3) is 7.79. The number of hydrazine groups is 1. The van der Waals surface area contributed by atoms with Crippen molar-refractivity contribution in [1.29, 1.82) is 10.7 Å². The van der Waals surface area contributed by atoms with E-state index in [1.54, 1.807) is 12.1 Å². The largest absolute Gasteiger partial charge is 0.496 e. The third-order valence-corrected chi connectivity index (χ3v) is 5.22. The number of carbonyl (C=O) groups is 2. The van der Waals surface area contributed by atoms with Gasteiger partial charge >= 0.3 is 6.18 Å². The molecule has 2 amide bonds. The smallest absolute Gasteiger partial charge is 0.416 e. The molecule has 0 aromatic heterocycles. The van der Waals surface area contributed by atoms with Gasteiger partial charge in [-0.2, -0.15) is 18.4 Å². The van der Waals surface area contributed by atoms with Crippen LogP contribution >= 0.6 is 0 Å². The van der Waals surface area contributed by atoms with E-state index < -0.39 is 35.3 Å². The highest BCUT2D eigenvalue weighted by Crippen LogP contribution is 2.33. The van der Waals surface area contributed by atoms with Crippen molar-refractivity contribution in [1.82, 2.24) is 15.6 Å². The van der Waals surface area contributed by atoms with Crippen LogP contribution in [0, 0.1) is 16.7 Å². The van der Waals surface area contributed by atoms with Crippen molar-refractivity contribution in [2.24, 2.45) is 5.84 Å². The number of ether oxygens (including phenoxy) is 1. The van der Waals surface area contributed by atoms with Crippen molar-refractivity contribution in [3.63, 3.8) is 0 Å². The first-order chi connectivity index (χ1) is 17.0. The van der Waals surface area contributed by atoms with Crippen LogP contribution < -0.4 is 21.2 Å². The minimum Gasteiger partial charge on any atom is -0.496 e. The number of alkyl halides is 3. The Morgan fingerprint density at radius 2 is 1.89 bits per heavy atom. The third-order valence-electron chi connectivity index (χ3n) is 5.22. The van der Waals surface area contributed by atoms with E-state index >= 15 is 0 Å². The monoisotopic (exact) mass is 504 g/mol. The van der Waals surface area contributed by atoms with Crippen LogP contribution in [-0.2, 0) is 17.4 Å². The zero-order valence-corrected chi connectivity index (χ0v) is 19.8. The summed E-state index contributed by atoms with van der Waals surface area (Å²) in [6.45, 7) is 1.75. The van der Waals surface area contributed by atoms with E-state index in [0.29, 0.717) is 5.56 Å². The fraction of sp³-hybridized carbons (Fsp3) is 0.333. The molecule has 0 aliphatic carbocycles. The maximum absolute atomic E-state index is 12.9. The average Bonchev–Trinajstić information content (AvgIpc) is 2.86. The van der Waals surface area contributed by atoms with Crippen molar-refractivity contribution < 1.29 is 27.5 Å². The molecule has 1 unspecified atom stereocenters. The Morgan fingerprint density at radius 3 is 2.44 bits per heavy atom. The molecule has 2 rings (SSSR count). The molecule has 2 aromatic carbocycles. The minimum atomic E-state index is -4.58. The molecule has 0 fully saturated rings. The van der Waals surface area contributed by atoms with E-state index in [-0.39, 0.29) is 30.9 Å². The lowest BCUT2D eigenvalue weighted by Gasteiger charge is -2.18. The molecule has 12 heteroatoms. The molecule has 0 aliphatic heterocycles. The lowest BCUT2D eigenvalue weighted by molar-refractivity contribution is -0.137. The molecule has 0 bridgehead atoms. The number of aryl methyl sites for hydroxylation is 1. The minimum absolute atomic E-state index is 0.0149. The summed E-state index contributed by atoms with van der Waals surface area (Å²) in [5, 5.41) is 23.5. The van der Waals surface area contributed by atoms with Gasteiger partial charge in [0.25, 0.3) is 11.8 Å². The number of rotatable bonds is 11. The van der Waals surface area contributed by atoms with E-state index in [1.165, 1.54) is 0 Å². The predicted molar refractivity (Wildman–Crippen MR) is 126 cm³/mol. The first-order valence-electron chi connectivity index (χ1n) is 10.9. The van der Waals surface area contributed by atoms with Crippen LogP contribution in [0.2, 0.25) is 0 Å². The maximum Gasteiger partial charge on any atom is 0.416 e. The van der Waals surface area contributed by atoms with Crippen LogP contribution in [0.15, 0.2) is 42.5 Å². The molecule has 36 heavy (non-hydrogen) atoms. The van der Waals surface area contributed by atoms with Crippen molar-refractivity contribution in [2.45, 2.75) is 25.6 Å². The Hall–Kier alpha value is -3.95. The summed E-state index contributed by atoms with van der Waals surface area (Å²) in [5.74, 6) is 4.14. The van der Waals surface area contributed by atoms with E-state index in [4.69, 9.17) is 16.0 Å². The van der Waals surface area contributed by atoms with Gasteiger partial charge in [0.05, 0.1) is 30.9 Å². The molecule has 0 radical (unpaired) electrons. The predicted octanol–water partition coefficient (Wildman–Crippen LogP) is 2.58. The van der Waals surface area contributed by atoms with Crippen molar-refractivity contribution in [2.75, 3.05) is 26.7 Å². The first-order valence-corrected chi connectivity index (χ1v) is 10.9. The van der Waals surface area contributed by atoms with E-state index in [0.717, 1.165) is 42.3 Å². The number of methoxy groups -OCH3 is 1. The average molecular weight is 505 g/mol. The SMILES string of the molecule is CCc1ccc(C(C#N)NC(=O)C(=N)CN(N)CCNC(=O)c2ccc(C(F)(F)F)cc2OC)cc1. The van der Waals surface area contributed by atoms with Gasteiger partial charge in [-0.25, -0.2) is 5.01 Å². The highest BCUT2D eigenvalue weighted by molar-refractivity contribution is 6.38. The summed E-state index contributed by atoms with van der Waals surface area (Å²) in [7, 11) is 1.15. The number of nitrogens with two attached hydrogens (primary N) is 1. The van der Waals surface area contributed by atoms with E-state index in [2.05, 4.69) is 10.6 Å². The van der Waals surface area contributed by atoms with Crippen molar-refractivity contribution in [3.8, 4) is 11.8 Å². The Bertz CT molecular complexity index is 1130. The van der Waals surface area contributed by atoms with Crippen LogP contribution in [0.25, 0.3) is 0 Å². The van der Waals surface area contributed by atoms with Gasteiger partial charge < -0.3 is 15.4 Å². The molecule has 0 heterocycles. The summed E-state index contributed by atoms with van der Waals surface area (Å²) in [5.41, 5.74) is 0.241. The Labute approximate surface area is 206 Å². The number of nitrogens with zero attached hydrogens (tertiary/aromatic N) is 2. The van der Waals surface area contributed by atoms with Crippen LogP contribution in [0.4, 0.5) is 13.2 Å². The molecule has 5 N–H and O–H groups in total. The van der Waals surface area contributed by atoms with Gasteiger partial charge in [-0.05, 0) is 35.7 Å². The van der Waals surface area contributed by atoms with Gasteiger partial charge in [0, 0.05) is 13.1 Å². The zero-order chi connectivity index (χ0) is 26.9. The second kappa shape index (κ2) is 12.7. The summed E-state index contributed by atoms with van der Waals surface area (Å²) < 4.78 is 43.5. The molecule has 0 saturated heterocycles. The highest BCUT2D eigenvalue weighted by Gasteiger charge is 2.31. The van der Waals surface area contributed by atoms with Crippen LogP contribution in [0.1, 0.15) is 40.0 Å². The molecule has 0 saturated carbocycles. The number of benzene rings is 2. The molecule has 2 aromatic rings. The standard InChI is InChI=1S/C24H27F3N6O3/c1-3-15-4-6-16(7-5-15)20(13-28)32-23(35)19(29)14-33(30)11-10-31-22(34)18-9-8-17(24(25,26)27)12-21(18)36-2/h4-9,12,20,29H,3,10-11,14,30H2,1-2H3,(H,31,34)(H,32,35). The molecular formula is C24H27F3N6O3. The van der Waals surface area contributed by atoms with E-state index in [1.807, 2.05) is 25.1 Å². The van der Waals surface area contributed by atoms with Crippen LogP contribution in [0.5, 0.6) is 5.75 Å². The van der Waals surface area contributed by atoms with Crippen molar-refractivity contribution in [3.05, 3.63) is 64.7 Å². The van der Waals surface area contributed by atoms with Gasteiger partial charge in [-0.15, -0.1) is 0 Å². The molecule has 0 aliphatic rings. The number of nitriles is 1. The van der Waals surface area contributed by atoms with Crippen LogP contribution in [0.3, 0.4) is 0 Å². The molecule has 1 atom stereocenters. The summed E-state index contributed by atoms with van der Waals surface area (Å²) in [6.07, 6.45) is -3.74. The Morgan fingerprint density at radius 1 is 1.22 bits per heavy atom. The second-order valence-corrected chi connectivity index (χ2v) is 7.75. The lowest BCUT2D eigenvalue weighted by Crippen LogP contribution is -2.45. The van der Waals surface area contributed by atoms with Gasteiger partial charge in [-0.3, -0.25) is 20.8 Å². The van der Waals surface area contributed by atoms with Crippen LogP contribution in [-0.4, -0.2) is 49.3 Å². The second-order valence-electron chi connectivity index (χ2n) is 7.75. The topological polar surface area (TPSA) is 144 Å². The summed E-state index contributed by atoms with van der Waals surface area (Å²) >= 11 is 0. The number of amides is 2. The number of halogens is 3. The number of hydrogen-bond donors (Lipinski definition) is 4. The number of hydrogen-bond acceptors (Lipinski definition) is 7. The molecule has 192 valence electrons. The van der Waals surface area contributed by atoms with Gasteiger partial charge in [0.15, 0.2) is 0 Å². The number of carbonyl (C=O) groups excluding carboxylic acids is 2.